The number of carbonyl (C=O) groups excluding carboxylic acids is 1. The Labute approximate surface area is 151 Å². The third-order valence-corrected chi connectivity index (χ3v) is 4.32. The molecule has 26 heavy (non-hydrogen) atoms. The molecule has 2 atom stereocenters. The molecule has 7 nitrogen and oxygen atoms in total. The van der Waals surface area contributed by atoms with E-state index in [1.54, 1.807) is 27.7 Å². The number of aliphatic hydroxyl groups excluding tert-OH is 2. The molecule has 0 aromatic carbocycles. The number of carbonyl (C=O) groups is 1. The molecule has 2 heterocycles. The summed E-state index contributed by atoms with van der Waals surface area (Å²) in [5.41, 5.74) is -0.512. The average Bonchev–Trinajstić information content (AvgIpc) is 2.93. The zero-order chi connectivity index (χ0) is 19.7. The first kappa shape index (κ1) is 20.6. The van der Waals surface area contributed by atoms with Gasteiger partial charge in [-0.05, 0) is 40.5 Å². The van der Waals surface area contributed by atoms with Crippen LogP contribution >= 0.6 is 0 Å². The molecule has 0 saturated carbocycles. The molecule has 1 aromatic heterocycles. The maximum Gasteiger partial charge on any atom is 0.410 e. The number of aliphatic hydroxyl groups is 2. The number of ether oxygens (including phenoxy) is 1. The van der Waals surface area contributed by atoms with Gasteiger partial charge in [-0.1, -0.05) is 0 Å². The summed E-state index contributed by atoms with van der Waals surface area (Å²) in [4.78, 5) is 13.8. The van der Waals surface area contributed by atoms with E-state index in [9.17, 15) is 18.7 Å². The number of amides is 1. The number of fused-ring (bicyclic) bond motifs is 1. The molecule has 1 unspecified atom stereocenters. The summed E-state index contributed by atoms with van der Waals surface area (Å²) in [7, 11) is 0. The highest BCUT2D eigenvalue weighted by Crippen LogP contribution is 2.38. The highest BCUT2D eigenvalue weighted by atomic mass is 19.3. The number of aromatic amines is 1. The molecular weight excluding hydrogens is 348 g/mol. The predicted molar refractivity (Wildman–Crippen MR) is 89.8 cm³/mol. The average molecular weight is 375 g/mol. The van der Waals surface area contributed by atoms with Crippen molar-refractivity contribution >= 4 is 6.09 Å². The second-order valence-electron chi connectivity index (χ2n) is 7.69. The Balaban J connectivity index is 2.26. The molecule has 148 valence electrons. The summed E-state index contributed by atoms with van der Waals surface area (Å²) in [5, 5.41) is 24.9. The Morgan fingerprint density at radius 2 is 2.12 bits per heavy atom. The van der Waals surface area contributed by atoms with Crippen LogP contribution in [-0.4, -0.2) is 55.8 Å². The molecule has 1 amide bonds. The van der Waals surface area contributed by atoms with Gasteiger partial charge in [-0.2, -0.15) is 13.9 Å². The highest BCUT2D eigenvalue weighted by Gasteiger charge is 2.46. The molecule has 1 aliphatic rings. The van der Waals surface area contributed by atoms with Crippen LogP contribution in [0.1, 0.15) is 57.5 Å². The molecule has 0 aliphatic carbocycles. The lowest BCUT2D eigenvalue weighted by atomic mass is 9.95. The van der Waals surface area contributed by atoms with Gasteiger partial charge in [0.05, 0.1) is 12.2 Å². The quantitative estimate of drug-likeness (QED) is 0.734. The molecule has 9 heteroatoms. The first-order chi connectivity index (χ1) is 12.0. The number of aromatic nitrogens is 2. The Hall–Kier alpha value is -1.74. The van der Waals surface area contributed by atoms with Crippen molar-refractivity contribution in [3.8, 4) is 0 Å². The van der Waals surface area contributed by atoms with E-state index < -0.39 is 29.4 Å². The van der Waals surface area contributed by atoms with Gasteiger partial charge >= 0.3 is 12.0 Å². The number of nitrogens with zero attached hydrogens (tertiary/aromatic N) is 2. The van der Waals surface area contributed by atoms with Crippen molar-refractivity contribution in [2.45, 2.75) is 77.2 Å². The van der Waals surface area contributed by atoms with Gasteiger partial charge < -0.3 is 19.8 Å². The minimum atomic E-state index is -3.56. The summed E-state index contributed by atoms with van der Waals surface area (Å²) in [6.07, 6.45) is -2.40. The third kappa shape index (κ3) is 4.32. The van der Waals surface area contributed by atoms with Gasteiger partial charge in [0.15, 0.2) is 0 Å². The van der Waals surface area contributed by atoms with E-state index in [1.807, 2.05) is 0 Å². The number of alkyl halides is 2. The van der Waals surface area contributed by atoms with E-state index in [-0.39, 0.29) is 37.6 Å². The lowest BCUT2D eigenvalue weighted by molar-refractivity contribution is -0.122. The Kier molecular flexibility index (Phi) is 5.92. The second kappa shape index (κ2) is 7.48. The van der Waals surface area contributed by atoms with Crippen LogP contribution in [0.2, 0.25) is 0 Å². The van der Waals surface area contributed by atoms with E-state index in [0.717, 1.165) is 0 Å². The largest absolute Gasteiger partial charge is 0.444 e. The van der Waals surface area contributed by atoms with Crippen LogP contribution in [0, 0.1) is 0 Å². The fraction of sp³-hybridized carbons (Fsp3) is 0.765. The van der Waals surface area contributed by atoms with Crippen LogP contribution in [0.25, 0.3) is 0 Å². The zero-order valence-corrected chi connectivity index (χ0v) is 15.6. The maximum absolute atomic E-state index is 14.7. The molecule has 2 rings (SSSR count). The van der Waals surface area contributed by atoms with E-state index in [0.29, 0.717) is 12.1 Å². The van der Waals surface area contributed by atoms with Crippen molar-refractivity contribution < 1.29 is 28.5 Å². The maximum atomic E-state index is 14.7. The predicted octanol–water partition coefficient (Wildman–Crippen LogP) is 2.32. The molecule has 0 bridgehead atoms. The van der Waals surface area contributed by atoms with Crippen LogP contribution in [0.3, 0.4) is 0 Å². The van der Waals surface area contributed by atoms with Gasteiger partial charge in [0, 0.05) is 24.6 Å². The van der Waals surface area contributed by atoms with Crippen molar-refractivity contribution in [1.82, 2.24) is 15.1 Å². The number of nitrogens with one attached hydrogen (secondary N) is 1. The smallest absolute Gasteiger partial charge is 0.410 e. The van der Waals surface area contributed by atoms with Crippen LogP contribution in [0.5, 0.6) is 0 Å². The summed E-state index contributed by atoms with van der Waals surface area (Å²) in [6.45, 7) is 6.66. The van der Waals surface area contributed by atoms with Gasteiger partial charge in [-0.3, -0.25) is 5.10 Å². The number of hydrogen-bond acceptors (Lipinski definition) is 5. The Morgan fingerprint density at radius 3 is 2.69 bits per heavy atom. The van der Waals surface area contributed by atoms with Crippen LogP contribution in [-0.2, 0) is 23.6 Å². The molecule has 1 aliphatic heterocycles. The molecule has 0 fully saturated rings. The fourth-order valence-electron chi connectivity index (χ4n) is 2.93. The van der Waals surface area contributed by atoms with E-state index in [4.69, 9.17) is 9.84 Å². The third-order valence-electron chi connectivity index (χ3n) is 4.32. The lowest BCUT2D eigenvalue weighted by Crippen LogP contribution is -2.45. The number of rotatable bonds is 5. The van der Waals surface area contributed by atoms with E-state index in [1.165, 1.54) is 4.90 Å². The van der Waals surface area contributed by atoms with Gasteiger partial charge in [0.25, 0.3) is 0 Å². The van der Waals surface area contributed by atoms with Crippen molar-refractivity contribution in [1.29, 1.82) is 0 Å². The monoisotopic (exact) mass is 375 g/mol. The molecule has 1 aromatic rings. The second-order valence-corrected chi connectivity index (χ2v) is 7.69. The van der Waals surface area contributed by atoms with Crippen LogP contribution < -0.4 is 0 Å². The molecule has 3 N–H and O–H groups in total. The number of halogens is 2. The summed E-state index contributed by atoms with van der Waals surface area (Å²) in [6, 6.07) is -0.249. The van der Waals surface area contributed by atoms with Gasteiger partial charge in [-0.15, -0.1) is 0 Å². The summed E-state index contributed by atoms with van der Waals surface area (Å²) < 4.78 is 34.7. The minimum absolute atomic E-state index is 0.0636. The summed E-state index contributed by atoms with van der Waals surface area (Å²) >= 11 is 0. The Bertz CT molecular complexity index is 642. The van der Waals surface area contributed by atoms with Gasteiger partial charge in [0.2, 0.25) is 0 Å². The van der Waals surface area contributed by atoms with Crippen molar-refractivity contribution in [3.05, 3.63) is 17.0 Å². The first-order valence-corrected chi connectivity index (χ1v) is 8.70. The summed E-state index contributed by atoms with van der Waals surface area (Å²) in [5.74, 6) is -3.56. The standard InChI is InChI=1S/C17H27F2N3O4/c1-10-8-12-11(9-22(10)15(25)26-16(2,3)4)14(21-20-12)17(18,19)13(24)6-5-7-23/h10,13,23-24H,5-9H2,1-4H3,(H,20,21)/t10-,13?/m1/s1. The molecule has 0 saturated heterocycles. The van der Waals surface area contributed by atoms with Crippen molar-refractivity contribution in [2.75, 3.05) is 6.61 Å². The van der Waals surface area contributed by atoms with Crippen molar-refractivity contribution in [3.63, 3.8) is 0 Å². The van der Waals surface area contributed by atoms with Gasteiger partial charge in [-0.25, -0.2) is 4.79 Å². The molecule has 0 radical (unpaired) electrons. The minimum Gasteiger partial charge on any atom is -0.444 e. The highest BCUT2D eigenvalue weighted by molar-refractivity contribution is 5.69. The zero-order valence-electron chi connectivity index (χ0n) is 15.6. The van der Waals surface area contributed by atoms with E-state index in [2.05, 4.69) is 10.2 Å². The molecule has 0 spiro atoms. The fourth-order valence-corrected chi connectivity index (χ4v) is 2.93. The first-order valence-electron chi connectivity index (χ1n) is 8.70. The van der Waals surface area contributed by atoms with E-state index >= 15 is 0 Å². The Morgan fingerprint density at radius 1 is 1.46 bits per heavy atom. The van der Waals surface area contributed by atoms with Crippen LogP contribution in [0.15, 0.2) is 0 Å². The normalized spacial score (nSPS) is 19.2. The lowest BCUT2D eigenvalue weighted by Gasteiger charge is -2.35. The molecular formula is C17H27F2N3O4. The number of hydrogen-bond donors (Lipinski definition) is 3. The SMILES string of the molecule is C[C@@H]1Cc2n[nH]c(C(F)(F)C(O)CCCO)c2CN1C(=O)OC(C)(C)C. The van der Waals surface area contributed by atoms with Crippen LogP contribution in [0.4, 0.5) is 13.6 Å². The topological polar surface area (TPSA) is 98.7 Å². The van der Waals surface area contributed by atoms with Crippen molar-refractivity contribution in [2.24, 2.45) is 0 Å². The van der Waals surface area contributed by atoms with Gasteiger partial charge in [0.1, 0.15) is 17.4 Å². The number of H-pyrrole nitrogens is 1.